The molecule has 8 aromatic heterocycles. The predicted octanol–water partition coefficient (Wildman–Crippen LogP) is 26.8. The van der Waals surface area contributed by atoms with Crippen LogP contribution in [0.25, 0.3) is 133 Å². The molecule has 0 amide bonds. The fourth-order valence-electron chi connectivity index (χ4n) is 18.1. The van der Waals surface area contributed by atoms with Gasteiger partial charge in [-0.05, 0) is 317 Å². The number of hydrogen-bond acceptors (Lipinski definition) is 4. The first-order valence-corrected chi connectivity index (χ1v) is 43.7. The molecular weight excluding hydrogens is 1470 g/mol. The predicted molar refractivity (Wildman–Crippen MR) is 509 cm³/mol. The molecule has 17 rings (SSSR count). The summed E-state index contributed by atoms with van der Waals surface area (Å²) in [6, 6.07) is 71.5. The van der Waals surface area contributed by atoms with Crippen molar-refractivity contribution < 1.29 is 18.3 Å². The zero-order chi connectivity index (χ0) is 86.0. The van der Waals surface area contributed by atoms with Crippen LogP contribution in [0.1, 0.15) is 175 Å². The highest BCUT2D eigenvalue weighted by Crippen LogP contribution is 2.40. The molecule has 0 radical (unpaired) electrons. The van der Waals surface area contributed by atoms with Crippen molar-refractivity contribution in [3.63, 3.8) is 0 Å². The zero-order valence-corrected chi connectivity index (χ0v) is 76.1. The molecule has 0 unspecified atom stereocenters. The summed E-state index contributed by atoms with van der Waals surface area (Å²) >= 11 is 0. The molecule has 0 spiro atoms. The van der Waals surface area contributed by atoms with Crippen LogP contribution < -0.4 is 18.3 Å². The van der Waals surface area contributed by atoms with Crippen molar-refractivity contribution in [2.24, 2.45) is 39.5 Å². The number of benzene rings is 8. The van der Waals surface area contributed by atoms with Crippen molar-refractivity contribution in [3.05, 3.63) is 333 Å². The Morgan fingerprint density at radius 2 is 0.636 bits per heavy atom. The molecule has 8 heteroatoms. The average molecular weight is 1590 g/mol. The first-order valence-electron chi connectivity index (χ1n) is 43.7. The van der Waals surface area contributed by atoms with E-state index in [1.165, 1.54) is 208 Å². The van der Waals surface area contributed by atoms with Crippen molar-refractivity contribution in [1.29, 1.82) is 0 Å². The summed E-state index contributed by atoms with van der Waals surface area (Å²) in [5, 5.41) is 10.1. The molecule has 121 heavy (non-hydrogen) atoms. The molecule has 0 bridgehead atoms. The third-order valence-electron chi connectivity index (χ3n) is 25.1. The van der Waals surface area contributed by atoms with Crippen LogP contribution in [0, 0.1) is 94.4 Å². The Balaban J connectivity index is 0.000000132. The maximum absolute atomic E-state index is 4.83. The van der Waals surface area contributed by atoms with Gasteiger partial charge >= 0.3 is 0 Å². The molecular formula is C113H124N8+4. The molecule has 0 N–H and O–H groups in total. The standard InChI is InChI=1S/C29H31N2.C29H33N2.C28H31N2.C27H29N2/c1-19-15-20(2)21(3)27(16-19)29-26-11-9-24(17-23(26)13-14-31(29)4)28-12-10-25(18-30-28)22-7-5-6-8-22;1-19-14-20(2)21(3)26(15-19)28-25-10-9-24(16-23(25)12-13-31(28)7)27-11-8-22(18-30-27)17-29(4,5)6;1-18(2)13-22-7-10-27(29-17-22)24-8-9-25-23(16-24)11-12-30(6)28(25)26-15-19(3)14-20(4)21(26)5;1-17(2)23-8-10-26(28-16-23)22-7-9-24-21(15-22)11-12-29(6)27(24)25-14-18(3)13-19(4)20(25)5/h9-18,22H,5-8H2,1-4H3;8-16,18H,17H2,1-7H3;7-12,14-18H,13H2,1-6H3;7-17H,1-6H3/q4*+1. The van der Waals surface area contributed by atoms with Gasteiger partial charge in [-0.3, -0.25) is 19.9 Å². The summed E-state index contributed by atoms with van der Waals surface area (Å²) in [7, 11) is 8.54. The van der Waals surface area contributed by atoms with Crippen molar-refractivity contribution in [2.45, 2.75) is 182 Å². The number of rotatable bonds is 13. The number of aryl methyl sites for hydroxylation is 12. The number of pyridine rings is 8. The Hall–Kier alpha value is -12.0. The molecule has 0 saturated heterocycles. The smallest absolute Gasteiger partial charge is 0.220 e. The monoisotopic (exact) mass is 1590 g/mol. The molecule has 8 nitrogen and oxygen atoms in total. The number of nitrogens with zero attached hydrogens (tertiary/aromatic N) is 8. The van der Waals surface area contributed by atoms with Crippen LogP contribution in [0.4, 0.5) is 0 Å². The van der Waals surface area contributed by atoms with Crippen LogP contribution in [-0.2, 0) is 41.0 Å². The maximum atomic E-state index is 4.83. The SMILES string of the molecule is Cc1cc(C)c(C)c(-c2c3ccc(-c4ccc(C(C)C)cn4)cc3cc[n+]2C)c1.Cc1cc(C)c(C)c(-c2c3ccc(-c4ccc(C5CCCC5)cn4)cc3cc[n+]2C)c1.Cc1cc(C)c(C)c(-c2c3ccc(-c4ccc(CC(C)(C)C)cn4)cc3cc[n+]2C)c1.Cc1cc(C)c(C)c(-c2c3ccc(-c4ccc(CC(C)C)cn4)cc3cc[n+]2C)c1. The number of fused-ring (bicyclic) bond motifs is 4. The molecule has 1 fully saturated rings. The molecule has 0 atom stereocenters. The van der Waals surface area contributed by atoms with Gasteiger partial charge in [-0.1, -0.05) is 156 Å². The third-order valence-corrected chi connectivity index (χ3v) is 25.1. The number of aromatic nitrogens is 8. The second kappa shape index (κ2) is 36.1. The lowest BCUT2D eigenvalue weighted by Crippen LogP contribution is -2.30. The first-order chi connectivity index (χ1) is 57.8. The highest BCUT2D eigenvalue weighted by Gasteiger charge is 2.26. The zero-order valence-electron chi connectivity index (χ0n) is 76.1. The molecule has 8 heterocycles. The van der Waals surface area contributed by atoms with Crippen LogP contribution in [0.15, 0.2) is 244 Å². The van der Waals surface area contributed by atoms with Crippen molar-refractivity contribution >= 4 is 43.1 Å². The summed E-state index contributed by atoms with van der Waals surface area (Å²) in [5.74, 6) is 1.85. The van der Waals surface area contributed by atoms with Crippen LogP contribution in [-0.4, -0.2) is 19.9 Å². The van der Waals surface area contributed by atoms with E-state index in [0.29, 0.717) is 17.8 Å². The summed E-state index contributed by atoms with van der Waals surface area (Å²) in [6.07, 6.45) is 24.3. The van der Waals surface area contributed by atoms with Gasteiger partial charge in [0, 0.05) is 71.3 Å². The molecule has 612 valence electrons. The van der Waals surface area contributed by atoms with Gasteiger partial charge in [0.15, 0.2) is 24.8 Å². The van der Waals surface area contributed by atoms with E-state index >= 15 is 0 Å². The minimum atomic E-state index is 0.268. The van der Waals surface area contributed by atoms with E-state index in [1.807, 2.05) is 18.6 Å². The normalized spacial score (nSPS) is 12.3. The summed E-state index contributed by atoms with van der Waals surface area (Å²) in [5.41, 5.74) is 40.6. The Kier molecular flexibility index (Phi) is 25.5. The summed E-state index contributed by atoms with van der Waals surface area (Å²) in [6.45, 7) is 42.1. The second-order valence-electron chi connectivity index (χ2n) is 36.9. The van der Waals surface area contributed by atoms with Crippen molar-refractivity contribution in [3.8, 4) is 90.1 Å². The minimum Gasteiger partial charge on any atom is -0.256 e. The molecule has 0 aliphatic heterocycles. The van der Waals surface area contributed by atoms with E-state index in [-0.39, 0.29) is 5.41 Å². The van der Waals surface area contributed by atoms with Gasteiger partial charge in [0.2, 0.25) is 22.8 Å². The van der Waals surface area contributed by atoms with Crippen LogP contribution in [0.3, 0.4) is 0 Å². The van der Waals surface area contributed by atoms with Crippen LogP contribution in [0.2, 0.25) is 0 Å². The van der Waals surface area contributed by atoms with Gasteiger partial charge < -0.3 is 0 Å². The number of hydrogen-bond donors (Lipinski definition) is 0. The van der Waals surface area contributed by atoms with Gasteiger partial charge in [-0.2, -0.15) is 0 Å². The highest BCUT2D eigenvalue weighted by atomic mass is 14.9. The topological polar surface area (TPSA) is 67.1 Å². The van der Waals surface area contributed by atoms with Crippen molar-refractivity contribution in [1.82, 2.24) is 19.9 Å². The molecule has 1 saturated carbocycles. The van der Waals surface area contributed by atoms with Crippen LogP contribution >= 0.6 is 0 Å². The highest BCUT2D eigenvalue weighted by molar-refractivity contribution is 6.00. The van der Waals surface area contributed by atoms with E-state index in [4.69, 9.17) is 19.9 Å². The Labute approximate surface area is 720 Å². The Bertz CT molecular complexity index is 6530. The van der Waals surface area contributed by atoms with Crippen molar-refractivity contribution in [2.75, 3.05) is 0 Å². The van der Waals surface area contributed by atoms with Gasteiger partial charge in [0.1, 0.15) is 28.2 Å². The first kappa shape index (κ1) is 85.4. The summed E-state index contributed by atoms with van der Waals surface area (Å²) in [4.78, 5) is 19.0. The fraction of sp³-hybridized carbons (Fsp3) is 0.292. The van der Waals surface area contributed by atoms with Gasteiger partial charge in [-0.25, -0.2) is 18.3 Å². The van der Waals surface area contributed by atoms with E-state index in [2.05, 4.69) is 403 Å². The fourth-order valence-corrected chi connectivity index (χ4v) is 18.1. The quantitative estimate of drug-likeness (QED) is 0.108. The molecule has 8 aromatic carbocycles. The lowest BCUT2D eigenvalue weighted by atomic mass is 9.88. The lowest BCUT2D eigenvalue weighted by molar-refractivity contribution is -0.659. The van der Waals surface area contributed by atoms with E-state index in [1.54, 1.807) is 0 Å². The van der Waals surface area contributed by atoms with Crippen LogP contribution in [0.5, 0.6) is 0 Å². The Morgan fingerprint density at radius 3 is 0.909 bits per heavy atom. The minimum absolute atomic E-state index is 0.268. The largest absolute Gasteiger partial charge is 0.256 e. The van der Waals surface area contributed by atoms with Gasteiger partial charge in [0.25, 0.3) is 0 Å². The maximum Gasteiger partial charge on any atom is 0.220 e. The van der Waals surface area contributed by atoms with Gasteiger partial charge in [-0.15, -0.1) is 0 Å². The molecule has 1 aliphatic rings. The third kappa shape index (κ3) is 19.1. The van der Waals surface area contributed by atoms with Gasteiger partial charge in [0.05, 0.1) is 66.6 Å². The summed E-state index contributed by atoms with van der Waals surface area (Å²) < 4.78 is 8.96. The lowest BCUT2D eigenvalue weighted by Gasteiger charge is -2.17. The van der Waals surface area contributed by atoms with E-state index < -0.39 is 0 Å². The Morgan fingerprint density at radius 1 is 0.331 bits per heavy atom. The van der Waals surface area contributed by atoms with E-state index in [9.17, 15) is 0 Å². The van der Waals surface area contributed by atoms with E-state index in [0.717, 1.165) is 52.3 Å². The average Bonchev–Trinajstić information content (AvgIpc) is 0.840. The molecule has 1 aliphatic carbocycles. The second-order valence-corrected chi connectivity index (χ2v) is 36.9. The molecule has 16 aromatic rings.